The molecule has 2 heteroatoms. The topological polar surface area (TPSA) is 38.0 Å². The molecule has 2 nitrogen and oxygen atoms in total. The fourth-order valence-corrected chi connectivity index (χ4v) is 1.65. The van der Waals surface area contributed by atoms with Crippen LogP contribution >= 0.6 is 0 Å². The zero-order valence-corrected chi connectivity index (χ0v) is 4.98. The average molecular weight is 112 g/mol. The van der Waals surface area contributed by atoms with Gasteiger partial charge in [0.15, 0.2) is 0 Å². The summed E-state index contributed by atoms with van der Waals surface area (Å²) in [7, 11) is 0. The largest absolute Gasteiger partial charge is 0.326 e. The van der Waals surface area contributed by atoms with Gasteiger partial charge >= 0.3 is 0 Å². The average Bonchev–Trinajstić information content (AvgIpc) is 2.29. The Morgan fingerprint density at radius 2 is 2.38 bits per heavy atom. The number of hydrogen-bond donors (Lipinski definition) is 2. The Morgan fingerprint density at radius 3 is 2.62 bits per heavy atom. The van der Waals surface area contributed by atoms with Gasteiger partial charge in [0.1, 0.15) is 0 Å². The molecular formula is C6H12N2. The molecule has 1 saturated carbocycles. The molecular weight excluding hydrogens is 100 g/mol. The van der Waals surface area contributed by atoms with E-state index < -0.39 is 0 Å². The first-order chi connectivity index (χ1) is 3.83. The second-order valence-electron chi connectivity index (χ2n) is 3.00. The summed E-state index contributed by atoms with van der Waals surface area (Å²) in [4.78, 5) is 0. The molecule has 2 atom stereocenters. The van der Waals surface area contributed by atoms with Crippen LogP contribution in [0.25, 0.3) is 0 Å². The smallest absolute Gasteiger partial charge is 0.0349 e. The monoisotopic (exact) mass is 112 g/mol. The van der Waals surface area contributed by atoms with Crippen LogP contribution in [-0.4, -0.2) is 18.1 Å². The second kappa shape index (κ2) is 1.25. The molecule has 1 heterocycles. The second-order valence-corrected chi connectivity index (χ2v) is 3.00. The summed E-state index contributed by atoms with van der Waals surface area (Å²) in [5.41, 5.74) is 6.13. The van der Waals surface area contributed by atoms with Gasteiger partial charge in [-0.15, -0.1) is 0 Å². The molecule has 1 spiro atoms. The molecule has 46 valence electrons. The van der Waals surface area contributed by atoms with Crippen molar-refractivity contribution in [3.63, 3.8) is 0 Å². The molecule has 2 rings (SSSR count). The number of nitrogens with two attached hydrogens (primary N) is 1. The van der Waals surface area contributed by atoms with Crippen molar-refractivity contribution >= 4 is 0 Å². The first kappa shape index (κ1) is 4.77. The van der Waals surface area contributed by atoms with Crippen LogP contribution in [0.2, 0.25) is 0 Å². The van der Waals surface area contributed by atoms with Crippen LogP contribution in [0.4, 0.5) is 0 Å². The molecule has 2 aliphatic rings. The van der Waals surface area contributed by atoms with Gasteiger partial charge in [-0.3, -0.25) is 0 Å². The minimum atomic E-state index is 0.431. The van der Waals surface area contributed by atoms with E-state index in [9.17, 15) is 0 Å². The van der Waals surface area contributed by atoms with Gasteiger partial charge < -0.3 is 11.1 Å². The van der Waals surface area contributed by atoms with Crippen molar-refractivity contribution in [3.8, 4) is 0 Å². The zero-order chi connectivity index (χ0) is 5.61. The third kappa shape index (κ3) is 0.446. The number of rotatable bonds is 0. The first-order valence-electron chi connectivity index (χ1n) is 3.34. The molecule has 0 amide bonds. The Balaban J connectivity index is 2.06. The summed E-state index contributed by atoms with van der Waals surface area (Å²) in [6.45, 7) is 1.19. The SMILES string of the molecule is NC1CC12CCCN2. The summed E-state index contributed by atoms with van der Waals surface area (Å²) in [6.07, 6.45) is 3.86. The van der Waals surface area contributed by atoms with Gasteiger partial charge in [0.25, 0.3) is 0 Å². The Bertz CT molecular complexity index is 105. The normalized spacial score (nSPS) is 52.9. The molecule has 2 fully saturated rings. The van der Waals surface area contributed by atoms with Crippen molar-refractivity contribution in [2.75, 3.05) is 6.54 Å². The lowest BCUT2D eigenvalue weighted by molar-refractivity contribution is 0.577. The lowest BCUT2D eigenvalue weighted by atomic mass is 10.2. The molecule has 8 heavy (non-hydrogen) atoms. The van der Waals surface area contributed by atoms with Crippen LogP contribution in [0.15, 0.2) is 0 Å². The van der Waals surface area contributed by atoms with Crippen molar-refractivity contribution in [1.82, 2.24) is 5.32 Å². The highest BCUT2D eigenvalue weighted by molar-refractivity contribution is 5.16. The molecule has 0 aromatic heterocycles. The summed E-state index contributed by atoms with van der Waals surface area (Å²) in [5, 5.41) is 3.43. The molecule has 3 N–H and O–H groups in total. The summed E-state index contributed by atoms with van der Waals surface area (Å²) in [5.74, 6) is 0. The van der Waals surface area contributed by atoms with E-state index in [1.807, 2.05) is 0 Å². The number of nitrogens with one attached hydrogen (secondary N) is 1. The van der Waals surface area contributed by atoms with Crippen LogP contribution in [-0.2, 0) is 0 Å². The Morgan fingerprint density at radius 1 is 1.62 bits per heavy atom. The summed E-state index contributed by atoms with van der Waals surface area (Å²) < 4.78 is 0. The van der Waals surface area contributed by atoms with Gasteiger partial charge in [-0.05, 0) is 25.8 Å². The van der Waals surface area contributed by atoms with E-state index in [0.717, 1.165) is 0 Å². The van der Waals surface area contributed by atoms with Crippen LogP contribution in [0.1, 0.15) is 19.3 Å². The van der Waals surface area contributed by atoms with E-state index in [0.29, 0.717) is 11.6 Å². The maximum atomic E-state index is 5.70. The predicted molar refractivity (Wildman–Crippen MR) is 32.6 cm³/mol. The Kier molecular flexibility index (Phi) is 0.746. The van der Waals surface area contributed by atoms with Gasteiger partial charge in [-0.25, -0.2) is 0 Å². The molecule has 1 aliphatic carbocycles. The fourth-order valence-electron chi connectivity index (χ4n) is 1.65. The summed E-state index contributed by atoms with van der Waals surface area (Å²) in [6, 6.07) is 0.477. The highest BCUT2D eigenvalue weighted by atomic mass is 15.1. The van der Waals surface area contributed by atoms with Crippen LogP contribution < -0.4 is 11.1 Å². The van der Waals surface area contributed by atoms with Crippen LogP contribution in [0.5, 0.6) is 0 Å². The Labute approximate surface area is 49.4 Å². The highest BCUT2D eigenvalue weighted by Crippen LogP contribution is 2.41. The molecule has 2 unspecified atom stereocenters. The molecule has 1 aliphatic heterocycles. The van der Waals surface area contributed by atoms with E-state index in [1.54, 1.807) is 0 Å². The molecule has 0 radical (unpaired) electrons. The first-order valence-corrected chi connectivity index (χ1v) is 3.34. The molecule has 1 saturated heterocycles. The standard InChI is InChI=1S/C6H12N2/c7-5-4-6(5)2-1-3-8-6/h5,8H,1-4,7H2. The number of hydrogen-bond acceptors (Lipinski definition) is 2. The molecule has 0 bridgehead atoms. The van der Waals surface area contributed by atoms with Crippen molar-refractivity contribution in [2.24, 2.45) is 5.73 Å². The molecule has 0 aromatic carbocycles. The van der Waals surface area contributed by atoms with Gasteiger partial charge in [-0.1, -0.05) is 0 Å². The van der Waals surface area contributed by atoms with E-state index in [2.05, 4.69) is 5.32 Å². The fraction of sp³-hybridized carbons (Fsp3) is 1.00. The quantitative estimate of drug-likeness (QED) is 0.457. The van der Waals surface area contributed by atoms with Crippen LogP contribution in [0.3, 0.4) is 0 Å². The van der Waals surface area contributed by atoms with E-state index in [4.69, 9.17) is 5.73 Å². The van der Waals surface area contributed by atoms with Crippen molar-refractivity contribution in [1.29, 1.82) is 0 Å². The Hall–Kier alpha value is -0.0800. The minimum absolute atomic E-state index is 0.431. The van der Waals surface area contributed by atoms with Crippen molar-refractivity contribution < 1.29 is 0 Å². The highest BCUT2D eigenvalue weighted by Gasteiger charge is 2.52. The van der Waals surface area contributed by atoms with E-state index >= 15 is 0 Å². The van der Waals surface area contributed by atoms with E-state index in [-0.39, 0.29) is 0 Å². The van der Waals surface area contributed by atoms with Gasteiger partial charge in [0.05, 0.1) is 0 Å². The minimum Gasteiger partial charge on any atom is -0.326 e. The van der Waals surface area contributed by atoms with Crippen molar-refractivity contribution in [3.05, 3.63) is 0 Å². The lowest BCUT2D eigenvalue weighted by Crippen LogP contribution is -2.30. The maximum absolute atomic E-state index is 5.70. The predicted octanol–water partition coefficient (Wildman–Crippen LogP) is -0.160. The van der Waals surface area contributed by atoms with E-state index in [1.165, 1.54) is 25.8 Å². The third-order valence-corrected chi connectivity index (χ3v) is 2.41. The van der Waals surface area contributed by atoms with Gasteiger partial charge in [0.2, 0.25) is 0 Å². The lowest BCUT2D eigenvalue weighted by Gasteiger charge is -2.04. The van der Waals surface area contributed by atoms with Crippen LogP contribution in [0, 0.1) is 0 Å². The van der Waals surface area contributed by atoms with Gasteiger partial charge in [0, 0.05) is 11.6 Å². The zero-order valence-electron chi connectivity index (χ0n) is 4.98. The van der Waals surface area contributed by atoms with Gasteiger partial charge in [-0.2, -0.15) is 0 Å². The maximum Gasteiger partial charge on any atom is 0.0349 e. The third-order valence-electron chi connectivity index (χ3n) is 2.41. The molecule has 0 aromatic rings. The van der Waals surface area contributed by atoms with Crippen molar-refractivity contribution in [2.45, 2.75) is 30.8 Å². The summed E-state index contributed by atoms with van der Waals surface area (Å²) >= 11 is 0.